The summed E-state index contributed by atoms with van der Waals surface area (Å²) in [6, 6.07) is 6.09. The number of oxazole rings is 1. The predicted octanol–water partition coefficient (Wildman–Crippen LogP) is 4.92. The number of fused-ring (bicyclic) bond motifs is 1. The van der Waals surface area contributed by atoms with Crippen LogP contribution < -0.4 is 10.2 Å². The summed E-state index contributed by atoms with van der Waals surface area (Å²) in [4.78, 5) is 10.5. The molecule has 1 aromatic carbocycles. The highest BCUT2D eigenvalue weighted by Crippen LogP contribution is 2.38. The first kappa shape index (κ1) is 22.8. The Morgan fingerprint density at radius 3 is 2.75 bits per heavy atom. The molecule has 2 saturated heterocycles. The number of imidazole rings is 1. The van der Waals surface area contributed by atoms with Crippen LogP contribution in [0.2, 0.25) is 0 Å². The maximum Gasteiger partial charge on any atom is 0.198 e. The van der Waals surface area contributed by atoms with Crippen molar-refractivity contribution >= 4 is 23.6 Å². The van der Waals surface area contributed by atoms with Gasteiger partial charge in [-0.3, -0.25) is 0 Å². The van der Waals surface area contributed by atoms with Crippen LogP contribution in [0, 0.1) is 11.6 Å². The van der Waals surface area contributed by atoms with E-state index in [1.54, 1.807) is 33.9 Å². The van der Waals surface area contributed by atoms with E-state index in [2.05, 4.69) is 20.4 Å². The van der Waals surface area contributed by atoms with Crippen LogP contribution in [0.3, 0.4) is 0 Å². The number of anilines is 1. The van der Waals surface area contributed by atoms with Gasteiger partial charge in [0, 0.05) is 17.9 Å². The highest BCUT2D eigenvalue weighted by atomic mass is 19.1. The van der Waals surface area contributed by atoms with Gasteiger partial charge in [0.2, 0.25) is 0 Å². The third-order valence-corrected chi connectivity index (χ3v) is 6.88. The number of halogens is 3. The molecule has 4 aromatic rings. The summed E-state index contributed by atoms with van der Waals surface area (Å²) in [6.45, 7) is 1.96. The summed E-state index contributed by atoms with van der Waals surface area (Å²) in [6.07, 6.45) is 7.90. The molecule has 2 aliphatic heterocycles. The minimum atomic E-state index is -1.18. The van der Waals surface area contributed by atoms with Crippen molar-refractivity contribution in [3.8, 4) is 0 Å². The summed E-state index contributed by atoms with van der Waals surface area (Å²) >= 11 is 0. The molecule has 7 nitrogen and oxygen atoms in total. The number of rotatable bonds is 5. The van der Waals surface area contributed by atoms with Crippen LogP contribution in [0.15, 0.2) is 47.1 Å². The van der Waals surface area contributed by atoms with E-state index in [1.807, 2.05) is 12.2 Å². The number of hydrogen-bond acceptors (Lipinski definition) is 6. The molecule has 36 heavy (non-hydrogen) atoms. The van der Waals surface area contributed by atoms with Crippen LogP contribution in [0.25, 0.3) is 17.8 Å². The number of benzene rings is 1. The van der Waals surface area contributed by atoms with E-state index in [-0.39, 0.29) is 18.5 Å². The van der Waals surface area contributed by atoms with E-state index in [1.165, 1.54) is 0 Å². The Hall–Kier alpha value is -3.66. The largest absolute Gasteiger partial charge is 0.441 e. The lowest BCUT2D eigenvalue weighted by Crippen LogP contribution is -2.26. The Morgan fingerprint density at radius 2 is 1.89 bits per heavy atom. The zero-order valence-electron chi connectivity index (χ0n) is 19.4. The molecule has 3 aromatic heterocycles. The highest BCUT2D eigenvalue weighted by molar-refractivity contribution is 5.67. The number of hydrogen-bond donors (Lipinski definition) is 1. The third-order valence-electron chi connectivity index (χ3n) is 6.88. The fourth-order valence-corrected chi connectivity index (χ4v) is 5.05. The molecule has 10 heteroatoms. The van der Waals surface area contributed by atoms with Crippen LogP contribution in [0.1, 0.15) is 54.1 Å². The maximum atomic E-state index is 14.5. The summed E-state index contributed by atoms with van der Waals surface area (Å²) in [5.74, 6) is 1.04. The third kappa shape index (κ3) is 4.37. The molecule has 0 saturated carbocycles. The Balaban J connectivity index is 1.28. The Morgan fingerprint density at radius 1 is 1.03 bits per heavy atom. The smallest absolute Gasteiger partial charge is 0.198 e. The van der Waals surface area contributed by atoms with Gasteiger partial charge in [0.15, 0.2) is 11.5 Å². The van der Waals surface area contributed by atoms with Crippen molar-refractivity contribution in [3.63, 3.8) is 0 Å². The standard InChI is InChI=1S/C26H25F3N6O/c27-17-1-4-22(29)21(11-17)23-12-18(28)15-34(23)25-6-5-24-31-13-19(35(24)33-25)2-3-20-14-32-26(36-20)16-7-9-30-10-8-16/h1-6,11,13-14,16,18,23,30H,7-10,12,15H2/b3-2+/t18-,23+/m0/s1. The molecule has 0 aliphatic carbocycles. The molecular weight excluding hydrogens is 469 g/mol. The number of piperidine rings is 1. The van der Waals surface area contributed by atoms with Gasteiger partial charge in [-0.15, -0.1) is 5.10 Å². The van der Waals surface area contributed by atoms with Crippen molar-refractivity contribution in [1.29, 1.82) is 0 Å². The SMILES string of the molecule is Fc1ccc(F)c([C@H]2C[C@H](F)CN2c2ccc3ncc(/C=C/c4cnc(C5CCNCC5)o4)n3n2)c1. The molecule has 0 spiro atoms. The topological polar surface area (TPSA) is 71.5 Å². The summed E-state index contributed by atoms with van der Waals surface area (Å²) in [5.41, 5.74) is 1.42. The Kier molecular flexibility index (Phi) is 5.96. The van der Waals surface area contributed by atoms with Gasteiger partial charge in [0.25, 0.3) is 0 Å². The van der Waals surface area contributed by atoms with Crippen LogP contribution in [0.5, 0.6) is 0 Å². The summed E-state index contributed by atoms with van der Waals surface area (Å²) < 4.78 is 50.4. The van der Waals surface area contributed by atoms with Crippen LogP contribution in [-0.2, 0) is 0 Å². The quantitative estimate of drug-likeness (QED) is 0.425. The van der Waals surface area contributed by atoms with E-state index in [0.717, 1.165) is 50.0 Å². The monoisotopic (exact) mass is 494 g/mol. The lowest BCUT2D eigenvalue weighted by Gasteiger charge is -2.26. The second-order valence-electron chi connectivity index (χ2n) is 9.27. The van der Waals surface area contributed by atoms with Gasteiger partial charge in [0.05, 0.1) is 30.7 Å². The second kappa shape index (κ2) is 9.42. The van der Waals surface area contributed by atoms with Crippen molar-refractivity contribution in [1.82, 2.24) is 24.9 Å². The van der Waals surface area contributed by atoms with Crippen molar-refractivity contribution in [2.45, 2.75) is 37.4 Å². The van der Waals surface area contributed by atoms with Crippen molar-refractivity contribution < 1.29 is 17.6 Å². The molecule has 0 bridgehead atoms. The number of nitrogens with zero attached hydrogens (tertiary/aromatic N) is 5. The highest BCUT2D eigenvalue weighted by Gasteiger charge is 2.36. The number of aromatic nitrogens is 4. The summed E-state index contributed by atoms with van der Waals surface area (Å²) in [5, 5.41) is 8.00. The van der Waals surface area contributed by atoms with Gasteiger partial charge >= 0.3 is 0 Å². The predicted molar refractivity (Wildman–Crippen MR) is 129 cm³/mol. The minimum Gasteiger partial charge on any atom is -0.441 e. The minimum absolute atomic E-state index is 0.0382. The van der Waals surface area contributed by atoms with Crippen LogP contribution in [-0.4, -0.2) is 45.4 Å². The Bertz CT molecular complexity index is 1410. The van der Waals surface area contributed by atoms with E-state index >= 15 is 0 Å². The first-order valence-corrected chi connectivity index (χ1v) is 12.1. The molecule has 0 amide bonds. The molecule has 5 heterocycles. The van der Waals surface area contributed by atoms with Crippen LogP contribution in [0.4, 0.5) is 19.0 Å². The van der Waals surface area contributed by atoms with Crippen molar-refractivity contribution in [3.05, 3.63) is 77.3 Å². The molecule has 1 N–H and O–H groups in total. The van der Waals surface area contributed by atoms with E-state index in [4.69, 9.17) is 4.42 Å². The molecule has 2 fully saturated rings. The molecule has 0 unspecified atom stereocenters. The normalized spacial score (nSPS) is 21.2. The van der Waals surface area contributed by atoms with E-state index < -0.39 is 23.8 Å². The lowest BCUT2D eigenvalue weighted by atomic mass is 9.98. The first-order valence-electron chi connectivity index (χ1n) is 12.1. The first-order chi connectivity index (χ1) is 17.5. The van der Waals surface area contributed by atoms with E-state index in [9.17, 15) is 13.2 Å². The van der Waals surface area contributed by atoms with E-state index in [0.29, 0.717) is 28.8 Å². The molecule has 0 radical (unpaired) electrons. The fourth-order valence-electron chi connectivity index (χ4n) is 5.05. The number of nitrogens with one attached hydrogen (secondary N) is 1. The van der Waals surface area contributed by atoms with Gasteiger partial charge < -0.3 is 14.6 Å². The van der Waals surface area contributed by atoms with Gasteiger partial charge in [-0.05, 0) is 68.4 Å². The molecular formula is C26H25F3N6O. The van der Waals surface area contributed by atoms with Gasteiger partial charge in [0.1, 0.15) is 29.4 Å². The summed E-state index contributed by atoms with van der Waals surface area (Å²) in [7, 11) is 0. The fraction of sp³-hybridized carbons (Fsp3) is 0.346. The Labute approximate surface area is 205 Å². The van der Waals surface area contributed by atoms with Crippen molar-refractivity contribution in [2.75, 3.05) is 24.5 Å². The zero-order valence-corrected chi connectivity index (χ0v) is 19.4. The molecule has 2 atom stereocenters. The lowest BCUT2D eigenvalue weighted by molar-refractivity contribution is 0.355. The zero-order chi connectivity index (χ0) is 24.6. The van der Waals surface area contributed by atoms with Gasteiger partial charge in [-0.1, -0.05) is 0 Å². The molecule has 186 valence electrons. The van der Waals surface area contributed by atoms with Crippen molar-refractivity contribution in [2.24, 2.45) is 0 Å². The van der Waals surface area contributed by atoms with Crippen LogP contribution >= 0.6 is 0 Å². The molecule has 2 aliphatic rings. The second-order valence-corrected chi connectivity index (χ2v) is 9.27. The molecule has 6 rings (SSSR count). The average Bonchev–Trinajstić information content (AvgIpc) is 3.63. The van der Waals surface area contributed by atoms with Gasteiger partial charge in [-0.2, -0.15) is 0 Å². The number of alkyl halides is 1. The maximum absolute atomic E-state index is 14.5. The average molecular weight is 495 g/mol. The van der Waals surface area contributed by atoms with Gasteiger partial charge in [-0.25, -0.2) is 27.7 Å².